The molecule has 2 heterocycles. The number of nitriles is 1. The van der Waals surface area contributed by atoms with E-state index in [0.717, 1.165) is 26.1 Å². The number of likely N-dealkylation sites (tertiary alicyclic amines) is 1. The van der Waals surface area contributed by atoms with Crippen molar-refractivity contribution < 1.29 is 19.8 Å². The van der Waals surface area contributed by atoms with Gasteiger partial charge in [-0.1, -0.05) is 17.7 Å². The molecular formula is C22H29N3O4. The lowest BCUT2D eigenvalue weighted by atomic mass is 9.88. The van der Waals surface area contributed by atoms with Gasteiger partial charge in [0.15, 0.2) is 0 Å². The molecule has 0 aliphatic carbocycles. The molecule has 2 unspecified atom stereocenters. The SMILES string of the molecule is CCN1c2ccc(C)cc2C2CN(CCCC#N)CCC21.O=C(O)C=CC(=O)O. The number of aliphatic carboxylic acids is 2. The van der Waals surface area contributed by atoms with Crippen molar-refractivity contribution in [1.29, 1.82) is 5.26 Å². The van der Waals surface area contributed by atoms with Crippen LogP contribution in [0.4, 0.5) is 5.69 Å². The smallest absolute Gasteiger partial charge is 0.328 e. The third-order valence-electron chi connectivity index (χ3n) is 5.42. The molecule has 1 aromatic rings. The second-order valence-corrected chi connectivity index (χ2v) is 7.38. The number of fused-ring (bicyclic) bond motifs is 3. The number of rotatable bonds is 6. The minimum Gasteiger partial charge on any atom is -0.478 e. The van der Waals surface area contributed by atoms with Crippen molar-refractivity contribution in [3.63, 3.8) is 0 Å². The molecule has 7 heteroatoms. The minimum atomic E-state index is -1.26. The Kier molecular flexibility index (Phi) is 8.22. The highest BCUT2D eigenvalue weighted by atomic mass is 16.4. The first kappa shape index (κ1) is 22.4. The lowest BCUT2D eigenvalue weighted by molar-refractivity contribution is -0.134. The summed E-state index contributed by atoms with van der Waals surface area (Å²) in [6, 6.07) is 9.88. The van der Waals surface area contributed by atoms with Crippen LogP contribution in [-0.2, 0) is 9.59 Å². The molecule has 0 saturated carbocycles. The van der Waals surface area contributed by atoms with Crippen LogP contribution < -0.4 is 4.90 Å². The Balaban J connectivity index is 0.000000321. The monoisotopic (exact) mass is 399 g/mol. The lowest BCUT2D eigenvalue weighted by Crippen LogP contribution is -2.46. The third-order valence-corrected chi connectivity index (χ3v) is 5.42. The maximum Gasteiger partial charge on any atom is 0.328 e. The summed E-state index contributed by atoms with van der Waals surface area (Å²) in [7, 11) is 0. The Morgan fingerprint density at radius 1 is 1.28 bits per heavy atom. The molecule has 0 spiro atoms. The molecule has 7 nitrogen and oxygen atoms in total. The fourth-order valence-corrected chi connectivity index (χ4v) is 4.23. The van der Waals surface area contributed by atoms with Gasteiger partial charge in [-0.25, -0.2) is 9.59 Å². The number of carboxylic acid groups (broad SMARTS) is 2. The van der Waals surface area contributed by atoms with Gasteiger partial charge in [0.05, 0.1) is 6.07 Å². The molecule has 3 rings (SSSR count). The number of nitrogens with zero attached hydrogens (tertiary/aromatic N) is 3. The third kappa shape index (κ3) is 6.06. The number of piperidine rings is 1. The summed E-state index contributed by atoms with van der Waals surface area (Å²) in [5.41, 5.74) is 4.37. The predicted octanol–water partition coefficient (Wildman–Crippen LogP) is 3.01. The van der Waals surface area contributed by atoms with Gasteiger partial charge in [-0.05, 0) is 44.9 Å². The van der Waals surface area contributed by atoms with Crippen LogP contribution in [0.15, 0.2) is 30.4 Å². The van der Waals surface area contributed by atoms with Crippen molar-refractivity contribution in [3.8, 4) is 6.07 Å². The fraction of sp³-hybridized carbons (Fsp3) is 0.500. The highest BCUT2D eigenvalue weighted by Gasteiger charge is 2.40. The number of hydrogen-bond donors (Lipinski definition) is 2. The summed E-state index contributed by atoms with van der Waals surface area (Å²) in [6.07, 6.45) is 4.05. The Morgan fingerprint density at radius 2 is 1.97 bits per heavy atom. The molecule has 0 radical (unpaired) electrons. The summed E-state index contributed by atoms with van der Waals surface area (Å²) in [5, 5.41) is 24.3. The molecule has 2 aliphatic rings. The molecule has 0 amide bonds. The topological polar surface area (TPSA) is 105 Å². The number of carboxylic acids is 2. The van der Waals surface area contributed by atoms with E-state index in [1.807, 2.05) is 0 Å². The van der Waals surface area contributed by atoms with Gasteiger partial charge in [-0.15, -0.1) is 0 Å². The van der Waals surface area contributed by atoms with Crippen LogP contribution in [0.3, 0.4) is 0 Å². The van der Waals surface area contributed by atoms with Crippen molar-refractivity contribution >= 4 is 17.6 Å². The number of likely N-dealkylation sites (N-methyl/N-ethyl adjacent to an activating group) is 1. The maximum atomic E-state index is 9.55. The van der Waals surface area contributed by atoms with E-state index in [9.17, 15) is 9.59 Å². The van der Waals surface area contributed by atoms with Crippen molar-refractivity contribution in [3.05, 3.63) is 41.5 Å². The lowest BCUT2D eigenvalue weighted by Gasteiger charge is -2.38. The number of carbonyl (C=O) groups is 2. The molecule has 156 valence electrons. The Bertz CT molecular complexity index is 784. The molecule has 0 aromatic heterocycles. The van der Waals surface area contributed by atoms with E-state index in [4.69, 9.17) is 15.5 Å². The van der Waals surface area contributed by atoms with Crippen molar-refractivity contribution in [2.75, 3.05) is 31.1 Å². The summed E-state index contributed by atoms with van der Waals surface area (Å²) in [5.74, 6) is -1.87. The van der Waals surface area contributed by atoms with E-state index in [1.54, 1.807) is 5.56 Å². The summed E-state index contributed by atoms with van der Waals surface area (Å²) in [4.78, 5) is 24.3. The number of unbranched alkanes of at least 4 members (excludes halogenated alkanes) is 1. The molecule has 2 aliphatic heterocycles. The average Bonchev–Trinajstić information content (AvgIpc) is 2.99. The van der Waals surface area contributed by atoms with Gasteiger partial charge in [0.25, 0.3) is 0 Å². The Hall–Kier alpha value is -2.85. The van der Waals surface area contributed by atoms with Crippen molar-refractivity contribution in [2.24, 2.45) is 0 Å². The van der Waals surface area contributed by atoms with Gasteiger partial charge in [0, 0.05) is 55.9 Å². The van der Waals surface area contributed by atoms with Gasteiger partial charge in [-0.3, -0.25) is 0 Å². The number of benzene rings is 1. The van der Waals surface area contributed by atoms with E-state index in [1.165, 1.54) is 24.2 Å². The average molecular weight is 399 g/mol. The molecule has 2 N–H and O–H groups in total. The van der Waals surface area contributed by atoms with Crippen molar-refractivity contribution in [1.82, 2.24) is 4.90 Å². The van der Waals surface area contributed by atoms with Gasteiger partial charge in [0.1, 0.15) is 0 Å². The summed E-state index contributed by atoms with van der Waals surface area (Å²) in [6.45, 7) is 8.97. The van der Waals surface area contributed by atoms with Gasteiger partial charge < -0.3 is 20.0 Å². The van der Waals surface area contributed by atoms with Crippen molar-refractivity contribution in [2.45, 2.75) is 45.1 Å². The first-order valence-electron chi connectivity index (χ1n) is 9.97. The second-order valence-electron chi connectivity index (χ2n) is 7.38. The van der Waals surface area contributed by atoms with Gasteiger partial charge in [-0.2, -0.15) is 5.26 Å². The molecule has 2 atom stereocenters. The molecular weight excluding hydrogens is 370 g/mol. The van der Waals surface area contributed by atoms with Crippen LogP contribution in [0, 0.1) is 18.3 Å². The predicted molar refractivity (Wildman–Crippen MR) is 111 cm³/mol. The quantitative estimate of drug-likeness (QED) is 0.559. The Morgan fingerprint density at radius 3 is 2.55 bits per heavy atom. The molecule has 1 saturated heterocycles. The van der Waals surface area contributed by atoms with E-state index in [2.05, 4.69) is 47.9 Å². The zero-order chi connectivity index (χ0) is 21.4. The molecule has 1 fully saturated rings. The first-order chi connectivity index (χ1) is 13.9. The minimum absolute atomic E-state index is 0.558. The van der Waals surface area contributed by atoms with E-state index < -0.39 is 11.9 Å². The van der Waals surface area contributed by atoms with E-state index in [0.29, 0.717) is 30.5 Å². The van der Waals surface area contributed by atoms with Gasteiger partial charge >= 0.3 is 11.9 Å². The second kappa shape index (κ2) is 10.6. The van der Waals surface area contributed by atoms with Crippen LogP contribution in [0.2, 0.25) is 0 Å². The van der Waals surface area contributed by atoms with Crippen LogP contribution >= 0.6 is 0 Å². The van der Waals surface area contributed by atoms with Crippen LogP contribution in [0.25, 0.3) is 0 Å². The summed E-state index contributed by atoms with van der Waals surface area (Å²) >= 11 is 0. The van der Waals surface area contributed by atoms with E-state index >= 15 is 0 Å². The van der Waals surface area contributed by atoms with Gasteiger partial charge in [0.2, 0.25) is 0 Å². The zero-order valence-corrected chi connectivity index (χ0v) is 17.0. The highest BCUT2D eigenvalue weighted by Crippen LogP contribution is 2.44. The molecule has 0 bridgehead atoms. The number of hydrogen-bond acceptors (Lipinski definition) is 5. The Labute approximate surface area is 171 Å². The van der Waals surface area contributed by atoms with Crippen LogP contribution in [0.1, 0.15) is 43.2 Å². The maximum absolute atomic E-state index is 9.55. The normalized spacial score (nSPS) is 20.4. The number of anilines is 1. The van der Waals surface area contributed by atoms with Crippen LogP contribution in [0.5, 0.6) is 0 Å². The van der Waals surface area contributed by atoms with E-state index in [-0.39, 0.29) is 0 Å². The molecule has 29 heavy (non-hydrogen) atoms. The summed E-state index contributed by atoms with van der Waals surface area (Å²) < 4.78 is 0. The standard InChI is InChI=1S/C18H25N3.C4H4O4/c1-3-21-17-7-6-14(2)12-15(17)16-13-20(10-5-4-9-19)11-8-18(16)21;5-3(6)1-2-4(7)8/h6-7,12,16,18H,3-5,8,10-11,13H2,1-2H3;1-2H,(H,5,6)(H,7,8). The van der Waals surface area contributed by atoms with Crippen LogP contribution in [-0.4, -0.2) is 59.3 Å². The molecule has 1 aromatic carbocycles. The highest BCUT2D eigenvalue weighted by molar-refractivity contribution is 5.89. The fourth-order valence-electron chi connectivity index (χ4n) is 4.23. The zero-order valence-electron chi connectivity index (χ0n) is 17.0. The first-order valence-corrected chi connectivity index (χ1v) is 9.97. The number of aryl methyl sites for hydroxylation is 1. The largest absolute Gasteiger partial charge is 0.478 e.